The van der Waals surface area contributed by atoms with Crippen LogP contribution in [0.25, 0.3) is 11.5 Å². The van der Waals surface area contributed by atoms with Crippen LogP contribution in [0, 0.1) is 0 Å². The van der Waals surface area contributed by atoms with E-state index in [-0.39, 0.29) is 0 Å². The van der Waals surface area contributed by atoms with Crippen LogP contribution in [0.4, 0.5) is 5.82 Å². The Hall–Kier alpha value is -1.99. The zero-order chi connectivity index (χ0) is 17.6. The predicted octanol–water partition coefficient (Wildman–Crippen LogP) is 2.59. The Morgan fingerprint density at radius 3 is 2.96 bits per heavy atom. The van der Waals surface area contributed by atoms with Crippen molar-refractivity contribution in [2.24, 2.45) is 0 Å². The maximum Gasteiger partial charge on any atom is 0.259 e. The Bertz CT molecular complexity index is 658. The number of likely N-dealkylation sites (N-methyl/N-ethyl adjacent to an activating group) is 1. The Labute approximate surface area is 149 Å². The van der Waals surface area contributed by atoms with Crippen LogP contribution in [0.2, 0.25) is 0 Å². The van der Waals surface area contributed by atoms with Crippen LogP contribution in [0.5, 0.6) is 0 Å². The summed E-state index contributed by atoms with van der Waals surface area (Å²) >= 11 is 0. The molecule has 0 N–H and O–H groups in total. The molecule has 0 radical (unpaired) electrons. The molecule has 7 heteroatoms. The maximum absolute atomic E-state index is 5.24. The van der Waals surface area contributed by atoms with E-state index in [1.807, 2.05) is 12.1 Å². The minimum absolute atomic E-state index is 0.340. The number of methoxy groups -OCH3 is 1. The second-order valence-corrected chi connectivity index (χ2v) is 6.66. The monoisotopic (exact) mass is 345 g/mol. The lowest BCUT2D eigenvalue weighted by Gasteiger charge is -2.34. The van der Waals surface area contributed by atoms with Crippen molar-refractivity contribution in [1.29, 1.82) is 0 Å². The average molecular weight is 345 g/mol. The van der Waals surface area contributed by atoms with Gasteiger partial charge in [0.2, 0.25) is 0 Å². The number of ether oxygens (including phenoxy) is 1. The third-order valence-corrected chi connectivity index (χ3v) is 4.79. The van der Waals surface area contributed by atoms with Crippen molar-refractivity contribution in [1.82, 2.24) is 20.0 Å². The fraction of sp³-hybridized carbons (Fsp3) is 0.611. The molecule has 0 aromatic carbocycles. The molecule has 25 heavy (non-hydrogen) atoms. The summed E-state index contributed by atoms with van der Waals surface area (Å²) in [7, 11) is 3.69. The first-order valence-corrected chi connectivity index (χ1v) is 8.90. The number of hydrogen-bond acceptors (Lipinski definition) is 7. The van der Waals surface area contributed by atoms with Gasteiger partial charge in [0.05, 0.1) is 5.56 Å². The third kappa shape index (κ3) is 4.55. The fourth-order valence-corrected chi connectivity index (χ4v) is 3.18. The number of rotatable bonds is 7. The van der Waals surface area contributed by atoms with E-state index in [1.54, 1.807) is 13.3 Å². The summed E-state index contributed by atoms with van der Waals surface area (Å²) in [6.45, 7) is 5.92. The van der Waals surface area contributed by atoms with E-state index in [0.29, 0.717) is 24.4 Å². The fourth-order valence-electron chi connectivity index (χ4n) is 3.18. The van der Waals surface area contributed by atoms with Gasteiger partial charge in [-0.2, -0.15) is 4.98 Å². The quantitative estimate of drug-likeness (QED) is 0.764. The van der Waals surface area contributed by atoms with Crippen LogP contribution in [-0.4, -0.2) is 59.9 Å². The van der Waals surface area contributed by atoms with Crippen LogP contribution in [-0.2, 0) is 11.3 Å². The SMILES string of the molecule is COCc1noc(-c2ccc(N(C)CCN3CCCC[C@@H]3C)nc2)n1. The molecule has 0 saturated carbocycles. The van der Waals surface area contributed by atoms with E-state index in [9.17, 15) is 0 Å². The topological polar surface area (TPSA) is 67.5 Å². The highest BCUT2D eigenvalue weighted by Gasteiger charge is 2.18. The van der Waals surface area contributed by atoms with Crippen LogP contribution in [0.1, 0.15) is 32.0 Å². The Kier molecular flexibility index (Phi) is 5.99. The van der Waals surface area contributed by atoms with Crippen LogP contribution in [0.3, 0.4) is 0 Å². The minimum atomic E-state index is 0.340. The van der Waals surface area contributed by atoms with Crippen LogP contribution < -0.4 is 4.90 Å². The molecule has 0 aliphatic carbocycles. The largest absolute Gasteiger partial charge is 0.377 e. The third-order valence-electron chi connectivity index (χ3n) is 4.79. The summed E-state index contributed by atoms with van der Waals surface area (Å²) in [6.07, 6.45) is 5.76. The van der Waals surface area contributed by atoms with Gasteiger partial charge in [0.1, 0.15) is 12.4 Å². The smallest absolute Gasteiger partial charge is 0.259 e. The zero-order valence-electron chi connectivity index (χ0n) is 15.3. The summed E-state index contributed by atoms with van der Waals surface area (Å²) in [5.74, 6) is 1.95. The standard InChI is InChI=1S/C18H27N5O2/c1-14-6-4-5-9-23(14)11-10-22(2)17-8-7-15(12-19-17)18-20-16(13-24-3)21-25-18/h7-8,12,14H,4-6,9-11,13H2,1-3H3/t14-/m0/s1. The molecule has 0 spiro atoms. The predicted molar refractivity (Wildman–Crippen MR) is 96.4 cm³/mol. The van der Waals surface area contributed by atoms with Crippen molar-refractivity contribution in [3.8, 4) is 11.5 Å². The first kappa shape index (κ1) is 17.8. The molecule has 1 atom stereocenters. The number of anilines is 1. The molecule has 2 aromatic heterocycles. The lowest BCUT2D eigenvalue weighted by atomic mass is 10.0. The van der Waals surface area contributed by atoms with E-state index in [4.69, 9.17) is 9.26 Å². The summed E-state index contributed by atoms with van der Waals surface area (Å²) in [5.41, 5.74) is 0.816. The Morgan fingerprint density at radius 1 is 1.36 bits per heavy atom. The van der Waals surface area contributed by atoms with Crippen molar-refractivity contribution < 1.29 is 9.26 Å². The van der Waals surface area contributed by atoms with E-state index >= 15 is 0 Å². The van der Waals surface area contributed by atoms with Gasteiger partial charge in [-0.05, 0) is 38.4 Å². The molecule has 1 aliphatic heterocycles. The molecule has 136 valence electrons. The van der Waals surface area contributed by atoms with Gasteiger partial charge in [-0.1, -0.05) is 11.6 Å². The first-order valence-electron chi connectivity index (χ1n) is 8.90. The number of nitrogens with zero attached hydrogens (tertiary/aromatic N) is 5. The van der Waals surface area contributed by atoms with Crippen molar-refractivity contribution in [2.75, 3.05) is 38.7 Å². The molecule has 0 bridgehead atoms. The van der Waals surface area contributed by atoms with Crippen LogP contribution in [0.15, 0.2) is 22.9 Å². The lowest BCUT2D eigenvalue weighted by Crippen LogP contribution is -2.42. The van der Waals surface area contributed by atoms with Crippen LogP contribution >= 0.6 is 0 Å². The molecule has 0 amide bonds. The Morgan fingerprint density at radius 2 is 2.24 bits per heavy atom. The van der Waals surface area contributed by atoms with Crippen molar-refractivity contribution >= 4 is 5.82 Å². The van der Waals surface area contributed by atoms with Gasteiger partial charge in [0, 0.05) is 39.5 Å². The van der Waals surface area contributed by atoms with E-state index < -0.39 is 0 Å². The van der Waals surface area contributed by atoms with Gasteiger partial charge in [0.15, 0.2) is 5.82 Å². The molecule has 1 saturated heterocycles. The summed E-state index contributed by atoms with van der Waals surface area (Å²) in [4.78, 5) is 13.6. The van der Waals surface area contributed by atoms with Gasteiger partial charge in [-0.25, -0.2) is 4.98 Å². The highest BCUT2D eigenvalue weighted by Crippen LogP contribution is 2.20. The summed E-state index contributed by atoms with van der Waals surface area (Å²) in [6, 6.07) is 4.65. The second kappa shape index (κ2) is 8.40. The normalized spacial score (nSPS) is 18.4. The summed E-state index contributed by atoms with van der Waals surface area (Å²) < 4.78 is 10.2. The molecule has 7 nitrogen and oxygen atoms in total. The number of hydrogen-bond donors (Lipinski definition) is 0. The molecule has 1 fully saturated rings. The van der Waals surface area contributed by atoms with Crippen molar-refractivity contribution in [2.45, 2.75) is 38.8 Å². The van der Waals surface area contributed by atoms with Gasteiger partial charge in [-0.3, -0.25) is 4.90 Å². The molecule has 1 aliphatic rings. The Balaban J connectivity index is 1.57. The zero-order valence-corrected chi connectivity index (χ0v) is 15.3. The maximum atomic E-state index is 5.24. The molecule has 3 rings (SSSR count). The van der Waals surface area contributed by atoms with Gasteiger partial charge >= 0.3 is 0 Å². The number of piperidine rings is 1. The highest BCUT2D eigenvalue weighted by molar-refractivity contribution is 5.54. The van der Waals surface area contributed by atoms with E-state index in [2.05, 4.69) is 38.9 Å². The van der Waals surface area contributed by atoms with Crippen molar-refractivity contribution in [3.63, 3.8) is 0 Å². The van der Waals surface area contributed by atoms with Crippen molar-refractivity contribution in [3.05, 3.63) is 24.2 Å². The second-order valence-electron chi connectivity index (χ2n) is 6.66. The van der Waals surface area contributed by atoms with E-state index in [1.165, 1.54) is 25.8 Å². The lowest BCUT2D eigenvalue weighted by molar-refractivity contribution is 0.165. The van der Waals surface area contributed by atoms with Gasteiger partial charge in [0.25, 0.3) is 5.89 Å². The highest BCUT2D eigenvalue weighted by atomic mass is 16.5. The molecular formula is C18H27N5O2. The minimum Gasteiger partial charge on any atom is -0.377 e. The number of aromatic nitrogens is 3. The number of pyridine rings is 1. The molecule has 2 aromatic rings. The summed E-state index contributed by atoms with van der Waals surface area (Å²) in [5, 5.41) is 3.87. The average Bonchev–Trinajstić information content (AvgIpc) is 3.10. The first-order chi connectivity index (χ1) is 12.2. The van der Waals surface area contributed by atoms with Gasteiger partial charge in [-0.15, -0.1) is 0 Å². The molecule has 0 unspecified atom stereocenters. The number of likely N-dealkylation sites (tertiary alicyclic amines) is 1. The van der Waals surface area contributed by atoms with Gasteiger partial charge < -0.3 is 14.2 Å². The molecule has 3 heterocycles. The molecular weight excluding hydrogens is 318 g/mol. The van der Waals surface area contributed by atoms with E-state index in [0.717, 1.165) is 24.5 Å².